The predicted octanol–water partition coefficient (Wildman–Crippen LogP) is 2.01. The number of benzene rings is 1. The first-order valence-corrected chi connectivity index (χ1v) is 8.60. The molecule has 0 saturated carbocycles. The van der Waals surface area contributed by atoms with Crippen molar-refractivity contribution in [3.8, 4) is 11.6 Å². The predicted molar refractivity (Wildman–Crippen MR) is 103 cm³/mol. The first-order valence-electron chi connectivity index (χ1n) is 8.60. The molecule has 0 bridgehead atoms. The molecule has 0 aliphatic carbocycles. The van der Waals surface area contributed by atoms with E-state index in [0.29, 0.717) is 23.3 Å². The zero-order valence-electron chi connectivity index (χ0n) is 14.9. The number of aryl methyl sites for hydroxylation is 1. The first-order chi connectivity index (χ1) is 13.1. The highest BCUT2D eigenvalue weighted by Crippen LogP contribution is 2.18. The lowest BCUT2D eigenvalue weighted by Crippen LogP contribution is -2.23. The molecule has 4 aromatic rings. The molecule has 0 radical (unpaired) electrons. The Balaban J connectivity index is 1.48. The van der Waals surface area contributed by atoms with Gasteiger partial charge in [0.15, 0.2) is 5.76 Å². The van der Waals surface area contributed by atoms with E-state index in [1.807, 2.05) is 36.2 Å². The number of rotatable bonds is 6. The smallest absolute Gasteiger partial charge is 0.259 e. The number of nitrogens with two attached hydrogens (primary N) is 2. The maximum absolute atomic E-state index is 6.04. The van der Waals surface area contributed by atoms with Gasteiger partial charge in [-0.3, -0.25) is 0 Å². The van der Waals surface area contributed by atoms with E-state index in [1.165, 1.54) is 10.1 Å². The summed E-state index contributed by atoms with van der Waals surface area (Å²) in [5.74, 6) is 2.10. The Hall–Kier alpha value is -3.62. The molecule has 1 aromatic carbocycles. The van der Waals surface area contributed by atoms with Gasteiger partial charge in [0.05, 0.1) is 6.26 Å². The van der Waals surface area contributed by atoms with Gasteiger partial charge in [0.1, 0.15) is 0 Å². The van der Waals surface area contributed by atoms with E-state index in [-0.39, 0.29) is 5.95 Å². The van der Waals surface area contributed by atoms with Crippen molar-refractivity contribution in [1.29, 1.82) is 0 Å². The van der Waals surface area contributed by atoms with Gasteiger partial charge >= 0.3 is 0 Å². The maximum atomic E-state index is 6.04. The van der Waals surface area contributed by atoms with E-state index >= 15 is 0 Å². The number of nitrogen functional groups attached to an aromatic ring is 2. The lowest BCUT2D eigenvalue weighted by molar-refractivity contribution is 0.577. The van der Waals surface area contributed by atoms with Gasteiger partial charge in [0.2, 0.25) is 17.7 Å². The standard InChI is InChI=1S/C18H20N8O/c1-25(10-2-4-12-6-8-13(19)9-7-12)17-22-16(20)26-18(23-17)21-15(24-26)14-5-3-11-27-14/h3,5-9,11H,2,4,10,19H2,1H3,(H2,20,21,22,23,24). The molecule has 3 heterocycles. The minimum Gasteiger partial charge on any atom is -0.461 e. The van der Waals surface area contributed by atoms with E-state index in [2.05, 4.69) is 20.1 Å². The molecule has 0 aliphatic heterocycles. The second-order valence-corrected chi connectivity index (χ2v) is 6.27. The summed E-state index contributed by atoms with van der Waals surface area (Å²) in [4.78, 5) is 15.1. The molecule has 27 heavy (non-hydrogen) atoms. The zero-order valence-corrected chi connectivity index (χ0v) is 14.9. The summed E-state index contributed by atoms with van der Waals surface area (Å²) in [5, 5.41) is 4.30. The Morgan fingerprint density at radius 2 is 1.89 bits per heavy atom. The summed E-state index contributed by atoms with van der Waals surface area (Å²) in [5.41, 5.74) is 13.8. The molecular weight excluding hydrogens is 344 g/mol. The lowest BCUT2D eigenvalue weighted by Gasteiger charge is -2.17. The molecule has 0 fully saturated rings. The van der Waals surface area contributed by atoms with Gasteiger partial charge in [-0.2, -0.15) is 19.5 Å². The van der Waals surface area contributed by atoms with Crippen LogP contribution in [0.4, 0.5) is 17.6 Å². The normalized spacial score (nSPS) is 11.1. The van der Waals surface area contributed by atoms with Gasteiger partial charge in [-0.05, 0) is 42.7 Å². The monoisotopic (exact) mass is 364 g/mol. The maximum Gasteiger partial charge on any atom is 0.259 e. The molecule has 0 unspecified atom stereocenters. The zero-order chi connectivity index (χ0) is 18.8. The van der Waals surface area contributed by atoms with E-state index in [0.717, 1.165) is 25.1 Å². The molecule has 4 rings (SSSR count). The SMILES string of the molecule is CN(CCCc1ccc(N)cc1)c1nc(N)n2nc(-c3ccco3)nc2n1. The quantitative estimate of drug-likeness (QED) is 0.498. The lowest BCUT2D eigenvalue weighted by atomic mass is 10.1. The van der Waals surface area contributed by atoms with Crippen molar-refractivity contribution in [1.82, 2.24) is 24.6 Å². The molecular formula is C18H20N8O. The Morgan fingerprint density at radius 3 is 2.63 bits per heavy atom. The first kappa shape index (κ1) is 16.8. The number of hydrogen-bond acceptors (Lipinski definition) is 8. The Morgan fingerprint density at radius 1 is 1.07 bits per heavy atom. The van der Waals surface area contributed by atoms with Crippen molar-refractivity contribution in [2.24, 2.45) is 0 Å². The Bertz CT molecular complexity index is 1040. The number of anilines is 3. The van der Waals surface area contributed by atoms with Crippen LogP contribution in [0.2, 0.25) is 0 Å². The van der Waals surface area contributed by atoms with Crippen LogP contribution in [0.1, 0.15) is 12.0 Å². The van der Waals surface area contributed by atoms with Gasteiger partial charge in [-0.15, -0.1) is 5.10 Å². The van der Waals surface area contributed by atoms with Crippen LogP contribution in [-0.2, 0) is 6.42 Å². The molecule has 9 heteroatoms. The molecule has 0 saturated heterocycles. The van der Waals surface area contributed by atoms with E-state index in [1.54, 1.807) is 18.4 Å². The molecule has 9 nitrogen and oxygen atoms in total. The molecule has 0 spiro atoms. The van der Waals surface area contributed by atoms with Crippen LogP contribution in [0.25, 0.3) is 17.4 Å². The number of furan rings is 1. The summed E-state index contributed by atoms with van der Waals surface area (Å²) in [6, 6.07) is 11.5. The summed E-state index contributed by atoms with van der Waals surface area (Å²) in [7, 11) is 1.93. The average Bonchev–Trinajstić information content (AvgIpc) is 3.32. The van der Waals surface area contributed by atoms with E-state index in [9.17, 15) is 0 Å². The minimum atomic E-state index is 0.227. The molecule has 4 N–H and O–H groups in total. The fraction of sp³-hybridized carbons (Fsp3) is 0.222. The van der Waals surface area contributed by atoms with Gasteiger partial charge in [0.25, 0.3) is 5.78 Å². The number of aromatic nitrogens is 5. The number of hydrogen-bond donors (Lipinski definition) is 2. The van der Waals surface area contributed by atoms with Gasteiger partial charge in [-0.1, -0.05) is 12.1 Å². The second kappa shape index (κ2) is 6.94. The van der Waals surface area contributed by atoms with Crippen LogP contribution < -0.4 is 16.4 Å². The highest BCUT2D eigenvalue weighted by Gasteiger charge is 2.15. The van der Waals surface area contributed by atoms with Crippen LogP contribution in [0.15, 0.2) is 47.1 Å². The van der Waals surface area contributed by atoms with Crippen molar-refractivity contribution in [2.45, 2.75) is 12.8 Å². The second-order valence-electron chi connectivity index (χ2n) is 6.27. The molecule has 0 aliphatic rings. The highest BCUT2D eigenvalue weighted by atomic mass is 16.3. The van der Waals surface area contributed by atoms with Crippen molar-refractivity contribution in [3.63, 3.8) is 0 Å². The van der Waals surface area contributed by atoms with Gasteiger partial charge in [-0.25, -0.2) is 0 Å². The van der Waals surface area contributed by atoms with Gasteiger partial charge in [0, 0.05) is 19.3 Å². The third-order valence-electron chi connectivity index (χ3n) is 4.24. The fourth-order valence-corrected chi connectivity index (χ4v) is 2.78. The highest BCUT2D eigenvalue weighted by molar-refractivity contribution is 5.53. The number of fused-ring (bicyclic) bond motifs is 1. The Labute approximate surface area is 155 Å². The average molecular weight is 364 g/mol. The molecule has 0 atom stereocenters. The van der Waals surface area contributed by atoms with Crippen LogP contribution in [0.3, 0.4) is 0 Å². The summed E-state index contributed by atoms with van der Waals surface area (Å²) >= 11 is 0. The Kier molecular flexibility index (Phi) is 4.33. The summed E-state index contributed by atoms with van der Waals surface area (Å²) in [6.07, 6.45) is 3.45. The fourth-order valence-electron chi connectivity index (χ4n) is 2.78. The van der Waals surface area contributed by atoms with Crippen LogP contribution >= 0.6 is 0 Å². The summed E-state index contributed by atoms with van der Waals surface area (Å²) in [6.45, 7) is 0.777. The topological polar surface area (TPSA) is 124 Å². The third kappa shape index (κ3) is 3.52. The van der Waals surface area contributed by atoms with Gasteiger partial charge < -0.3 is 20.8 Å². The largest absolute Gasteiger partial charge is 0.461 e. The van der Waals surface area contributed by atoms with Crippen molar-refractivity contribution in [2.75, 3.05) is 30.0 Å². The van der Waals surface area contributed by atoms with E-state index < -0.39 is 0 Å². The van der Waals surface area contributed by atoms with Crippen LogP contribution in [0, 0.1) is 0 Å². The van der Waals surface area contributed by atoms with Crippen LogP contribution in [-0.4, -0.2) is 38.2 Å². The van der Waals surface area contributed by atoms with Crippen molar-refractivity contribution < 1.29 is 4.42 Å². The van der Waals surface area contributed by atoms with Crippen molar-refractivity contribution >= 4 is 23.4 Å². The molecule has 0 amide bonds. The third-order valence-corrected chi connectivity index (χ3v) is 4.24. The molecule has 138 valence electrons. The van der Waals surface area contributed by atoms with E-state index in [4.69, 9.17) is 15.9 Å². The number of nitrogens with zero attached hydrogens (tertiary/aromatic N) is 6. The van der Waals surface area contributed by atoms with Crippen molar-refractivity contribution in [3.05, 3.63) is 48.2 Å². The molecule has 3 aromatic heterocycles. The summed E-state index contributed by atoms with van der Waals surface area (Å²) < 4.78 is 6.73. The minimum absolute atomic E-state index is 0.227. The van der Waals surface area contributed by atoms with Crippen LogP contribution in [0.5, 0.6) is 0 Å².